The van der Waals surface area contributed by atoms with E-state index in [4.69, 9.17) is 11.6 Å². The van der Waals surface area contributed by atoms with Crippen molar-refractivity contribution in [3.63, 3.8) is 0 Å². The van der Waals surface area contributed by atoms with Crippen LogP contribution in [0, 0.1) is 5.41 Å². The third kappa shape index (κ3) is 5.79. The Balaban J connectivity index is 1.62. The highest BCUT2D eigenvalue weighted by molar-refractivity contribution is 6.30. The lowest BCUT2D eigenvalue weighted by molar-refractivity contribution is -0.153. The van der Waals surface area contributed by atoms with Gasteiger partial charge in [0.25, 0.3) is 5.91 Å². The Kier molecular flexibility index (Phi) is 8.59. The summed E-state index contributed by atoms with van der Waals surface area (Å²) in [5, 5.41) is 20.8. The van der Waals surface area contributed by atoms with E-state index in [0.29, 0.717) is 58.4 Å². The van der Waals surface area contributed by atoms with Gasteiger partial charge in [0, 0.05) is 42.6 Å². The van der Waals surface area contributed by atoms with Crippen molar-refractivity contribution in [1.29, 1.82) is 0 Å². The average Bonchev–Trinajstić information content (AvgIpc) is 3.37. The number of carboxylic acid groups (broad SMARTS) is 1. The number of ether oxygens (including phenoxy) is 1. The fraction of sp³-hybridized carbons (Fsp3) is 0.577. The van der Waals surface area contributed by atoms with Crippen LogP contribution in [-0.2, 0) is 15.1 Å². The zero-order valence-corrected chi connectivity index (χ0v) is 22.3. The van der Waals surface area contributed by atoms with Gasteiger partial charge in [-0.25, -0.2) is 0 Å². The molecule has 12 heteroatoms. The second kappa shape index (κ2) is 11.5. The van der Waals surface area contributed by atoms with Gasteiger partial charge in [0.1, 0.15) is 5.54 Å². The molecule has 2 saturated heterocycles. The lowest BCUT2D eigenvalue weighted by Crippen LogP contribution is -2.57. The molecule has 1 amide bonds. The topological polar surface area (TPSA) is 109 Å². The Morgan fingerprint density at radius 1 is 1.18 bits per heavy atom. The van der Waals surface area contributed by atoms with Gasteiger partial charge in [0.15, 0.2) is 5.75 Å². The highest BCUT2D eigenvalue weighted by Gasteiger charge is 2.48. The number of amides is 1. The molecule has 0 unspecified atom stereocenters. The number of benzene rings is 1. The van der Waals surface area contributed by atoms with Gasteiger partial charge in [-0.1, -0.05) is 25.4 Å². The van der Waals surface area contributed by atoms with Crippen molar-refractivity contribution in [2.45, 2.75) is 57.6 Å². The fourth-order valence-corrected chi connectivity index (χ4v) is 5.69. The van der Waals surface area contributed by atoms with Crippen molar-refractivity contribution in [3.8, 4) is 5.75 Å². The van der Waals surface area contributed by atoms with Crippen LogP contribution in [0.25, 0.3) is 0 Å². The summed E-state index contributed by atoms with van der Waals surface area (Å²) in [6.45, 7) is 3.61. The number of nitrogens with one attached hydrogen (secondary N) is 2. The van der Waals surface area contributed by atoms with Crippen LogP contribution in [0.15, 0.2) is 30.5 Å². The first kappa shape index (κ1) is 28.3. The maximum absolute atomic E-state index is 14.0. The predicted octanol–water partition coefficient (Wildman–Crippen LogP) is 4.15. The molecule has 4 rings (SSSR count). The number of halogens is 3. The quantitative estimate of drug-likeness (QED) is 0.428. The van der Waals surface area contributed by atoms with Crippen LogP contribution in [0.1, 0.15) is 51.1 Å². The number of alkyl halides is 2. The average molecular weight is 554 g/mol. The number of rotatable bonds is 9. The monoisotopic (exact) mass is 553 g/mol. The van der Waals surface area contributed by atoms with Gasteiger partial charge in [-0.3, -0.25) is 14.3 Å². The molecule has 208 valence electrons. The predicted molar refractivity (Wildman–Crippen MR) is 139 cm³/mol. The molecular formula is C26H34ClF2N5O4. The van der Waals surface area contributed by atoms with Crippen molar-refractivity contribution >= 4 is 29.2 Å². The number of hydrogen-bond acceptors (Lipinski definition) is 6. The smallest absolute Gasteiger partial charge is 0.387 e. The molecule has 0 spiro atoms. The largest absolute Gasteiger partial charge is 0.481 e. The van der Waals surface area contributed by atoms with E-state index in [2.05, 4.69) is 25.4 Å². The van der Waals surface area contributed by atoms with Crippen LogP contribution in [0.2, 0.25) is 5.02 Å². The number of piperidine rings is 2. The van der Waals surface area contributed by atoms with E-state index in [1.54, 1.807) is 10.9 Å². The maximum atomic E-state index is 14.0. The maximum Gasteiger partial charge on any atom is 0.387 e. The van der Waals surface area contributed by atoms with Crippen molar-refractivity contribution in [3.05, 3.63) is 41.2 Å². The molecule has 2 aromatic rings. The number of hydrogen-bond donors (Lipinski definition) is 3. The van der Waals surface area contributed by atoms with Crippen molar-refractivity contribution in [2.24, 2.45) is 5.41 Å². The van der Waals surface area contributed by atoms with E-state index in [1.165, 1.54) is 18.2 Å². The number of aliphatic carboxylic acids is 1. The van der Waals surface area contributed by atoms with Crippen LogP contribution in [0.4, 0.5) is 14.5 Å². The molecule has 0 atom stereocenters. The SMILES string of the molecule is CC(C)c1ccnn1C1(C(=O)Nc2ccc(Cl)cc2OC(F)F)CCN(CC2(C(=O)O)CCNCC2)CC1. The van der Waals surface area contributed by atoms with E-state index < -0.39 is 29.4 Å². The van der Waals surface area contributed by atoms with E-state index in [9.17, 15) is 23.5 Å². The molecule has 0 bridgehead atoms. The van der Waals surface area contributed by atoms with Gasteiger partial charge < -0.3 is 25.4 Å². The van der Waals surface area contributed by atoms with Crippen LogP contribution in [-0.4, -0.2) is 71.0 Å². The van der Waals surface area contributed by atoms with E-state index in [0.717, 1.165) is 5.69 Å². The number of aromatic nitrogens is 2. The fourth-order valence-electron chi connectivity index (χ4n) is 5.53. The van der Waals surface area contributed by atoms with Gasteiger partial charge >= 0.3 is 12.6 Å². The molecule has 2 aliphatic heterocycles. The summed E-state index contributed by atoms with van der Waals surface area (Å²) in [5.41, 5.74) is -0.979. The third-order valence-electron chi connectivity index (χ3n) is 7.72. The Labute approximate surface area is 225 Å². The molecular weight excluding hydrogens is 520 g/mol. The normalized spacial score (nSPS) is 19.4. The molecule has 3 heterocycles. The lowest BCUT2D eigenvalue weighted by Gasteiger charge is -2.45. The molecule has 0 aliphatic carbocycles. The molecule has 2 aliphatic rings. The van der Waals surface area contributed by atoms with Gasteiger partial charge in [-0.15, -0.1) is 0 Å². The molecule has 3 N–H and O–H groups in total. The molecule has 1 aromatic carbocycles. The van der Waals surface area contributed by atoms with Gasteiger partial charge in [0.05, 0.1) is 11.1 Å². The van der Waals surface area contributed by atoms with Crippen LogP contribution < -0.4 is 15.4 Å². The number of carbonyl (C=O) groups is 2. The van der Waals surface area contributed by atoms with Crippen LogP contribution in [0.3, 0.4) is 0 Å². The van der Waals surface area contributed by atoms with E-state index in [-0.39, 0.29) is 22.4 Å². The Hall–Kier alpha value is -2.76. The number of carbonyl (C=O) groups excluding carboxylic acids is 1. The second-order valence-electron chi connectivity index (χ2n) is 10.4. The molecule has 1 aromatic heterocycles. The Morgan fingerprint density at radius 3 is 2.47 bits per heavy atom. The first-order valence-corrected chi connectivity index (χ1v) is 13.2. The lowest BCUT2D eigenvalue weighted by atomic mass is 9.77. The minimum atomic E-state index is -3.09. The van der Waals surface area contributed by atoms with Crippen LogP contribution >= 0.6 is 11.6 Å². The summed E-state index contributed by atoms with van der Waals surface area (Å²) in [7, 11) is 0. The standard InChI is InChI=1S/C26H34ClF2N5O4/c1-17(2)20-5-10-31-34(20)26(22(35)32-19-4-3-18(27)15-21(19)38-24(28)29)8-13-33(14-9-26)16-25(23(36)37)6-11-30-12-7-25/h3-5,10,15,17,24,30H,6-9,11-14,16H2,1-2H3,(H,32,35)(H,36,37). The minimum absolute atomic E-state index is 0.0819. The van der Waals surface area contributed by atoms with Crippen molar-refractivity contribution < 1.29 is 28.2 Å². The first-order chi connectivity index (χ1) is 18.1. The zero-order valence-electron chi connectivity index (χ0n) is 21.6. The summed E-state index contributed by atoms with van der Waals surface area (Å²) < 4.78 is 32.4. The number of anilines is 1. The Morgan fingerprint density at radius 2 is 1.87 bits per heavy atom. The summed E-state index contributed by atoms with van der Waals surface area (Å²) in [5.74, 6) is -1.35. The third-order valence-corrected chi connectivity index (χ3v) is 7.96. The van der Waals surface area contributed by atoms with Crippen LogP contribution in [0.5, 0.6) is 5.75 Å². The van der Waals surface area contributed by atoms with Gasteiger partial charge in [0.2, 0.25) is 0 Å². The minimum Gasteiger partial charge on any atom is -0.481 e. The van der Waals surface area contributed by atoms with Crippen molar-refractivity contribution in [1.82, 2.24) is 20.0 Å². The number of likely N-dealkylation sites (tertiary alicyclic amines) is 1. The highest BCUT2D eigenvalue weighted by Crippen LogP contribution is 2.38. The zero-order chi connectivity index (χ0) is 27.5. The molecule has 0 radical (unpaired) electrons. The summed E-state index contributed by atoms with van der Waals surface area (Å²) >= 11 is 5.98. The summed E-state index contributed by atoms with van der Waals surface area (Å²) in [4.78, 5) is 28.3. The highest BCUT2D eigenvalue weighted by atomic mass is 35.5. The second-order valence-corrected chi connectivity index (χ2v) is 10.9. The summed E-state index contributed by atoms with van der Waals surface area (Å²) in [6, 6.07) is 6.02. The first-order valence-electron chi connectivity index (χ1n) is 12.8. The van der Waals surface area contributed by atoms with Gasteiger partial charge in [-0.2, -0.15) is 13.9 Å². The summed E-state index contributed by atoms with van der Waals surface area (Å²) in [6.07, 6.45) is 3.48. The van der Waals surface area contributed by atoms with E-state index >= 15 is 0 Å². The Bertz CT molecular complexity index is 1140. The molecule has 2 fully saturated rings. The van der Waals surface area contributed by atoms with Crippen molar-refractivity contribution in [2.75, 3.05) is 38.0 Å². The molecule has 9 nitrogen and oxygen atoms in total. The molecule has 0 saturated carbocycles. The number of nitrogens with zero attached hydrogens (tertiary/aromatic N) is 3. The van der Waals surface area contributed by atoms with E-state index in [1.807, 2.05) is 19.9 Å². The van der Waals surface area contributed by atoms with Gasteiger partial charge in [-0.05, 0) is 62.9 Å². The molecule has 38 heavy (non-hydrogen) atoms. The number of carboxylic acids is 1.